The molecule has 3 aromatic rings. The lowest BCUT2D eigenvalue weighted by Crippen LogP contribution is -2.32. The largest absolute Gasteiger partial charge is 0.493 e. The topological polar surface area (TPSA) is 98.2 Å². The van der Waals surface area contributed by atoms with E-state index in [0.717, 1.165) is 0 Å². The molecule has 1 atom stereocenters. The standard InChI is InChI=1S/C27H32FN3O4S.2H2/c1-16(2)15-35-22-13-20(12-21(28)14-22)24-11-10-23(26(30-24)19(6)17(3)4)27(32)31-36(33,34)25-9-7-8-18(5)29-25;;/h7-14,16-17,19H,15H2,1-6H3,(H,31,32);2*1H. The van der Waals surface area contributed by atoms with Crippen LogP contribution in [0.25, 0.3) is 11.3 Å². The summed E-state index contributed by atoms with van der Waals surface area (Å²) in [4.78, 5) is 21.8. The number of aromatic nitrogens is 2. The highest BCUT2D eigenvalue weighted by Crippen LogP contribution is 2.30. The Morgan fingerprint density at radius 2 is 1.78 bits per heavy atom. The second kappa shape index (κ2) is 11.2. The Bertz CT molecular complexity index is 1370. The van der Waals surface area contributed by atoms with Gasteiger partial charge in [0, 0.05) is 26.1 Å². The van der Waals surface area contributed by atoms with E-state index in [0.29, 0.717) is 35.0 Å². The number of rotatable bonds is 9. The van der Waals surface area contributed by atoms with Crippen LogP contribution < -0.4 is 9.46 Å². The van der Waals surface area contributed by atoms with Gasteiger partial charge in [-0.3, -0.25) is 9.78 Å². The number of hydrogen-bond donors (Lipinski definition) is 1. The Kier molecular flexibility index (Phi) is 8.45. The minimum absolute atomic E-state index is 0. The lowest BCUT2D eigenvalue weighted by Gasteiger charge is -2.20. The fourth-order valence-corrected chi connectivity index (χ4v) is 4.42. The molecule has 7 nitrogen and oxygen atoms in total. The van der Waals surface area contributed by atoms with Crippen LogP contribution in [-0.4, -0.2) is 30.9 Å². The zero-order valence-corrected chi connectivity index (χ0v) is 22.2. The summed E-state index contributed by atoms with van der Waals surface area (Å²) in [5, 5.41) is -0.243. The van der Waals surface area contributed by atoms with Crippen molar-refractivity contribution in [3.8, 4) is 17.0 Å². The van der Waals surface area contributed by atoms with Crippen LogP contribution in [0, 0.1) is 24.6 Å². The van der Waals surface area contributed by atoms with Crippen molar-refractivity contribution >= 4 is 15.9 Å². The molecule has 0 fully saturated rings. The number of carbonyl (C=O) groups excluding carboxylic acids is 1. The number of aryl methyl sites for hydroxylation is 1. The molecule has 2 aromatic heterocycles. The molecule has 1 amide bonds. The summed E-state index contributed by atoms with van der Waals surface area (Å²) in [7, 11) is -4.18. The van der Waals surface area contributed by atoms with Crippen molar-refractivity contribution in [2.45, 2.75) is 52.5 Å². The van der Waals surface area contributed by atoms with Gasteiger partial charge in [-0.15, -0.1) is 0 Å². The van der Waals surface area contributed by atoms with Crippen LogP contribution in [0.15, 0.2) is 53.6 Å². The number of carbonyl (C=O) groups is 1. The molecule has 196 valence electrons. The molecular weight excluding hydrogens is 481 g/mol. The fourth-order valence-electron chi connectivity index (χ4n) is 3.44. The van der Waals surface area contributed by atoms with Crippen LogP contribution in [0.1, 0.15) is 65.1 Å². The molecule has 1 unspecified atom stereocenters. The third-order valence-corrected chi connectivity index (χ3v) is 6.95. The average Bonchev–Trinajstić information content (AvgIpc) is 2.81. The van der Waals surface area contributed by atoms with E-state index in [9.17, 15) is 17.6 Å². The minimum Gasteiger partial charge on any atom is -0.493 e. The molecule has 0 aliphatic rings. The second-order valence-electron chi connectivity index (χ2n) is 9.59. The lowest BCUT2D eigenvalue weighted by molar-refractivity contribution is 0.0979. The number of nitrogens with zero attached hydrogens (tertiary/aromatic N) is 2. The normalized spacial score (nSPS) is 12.6. The van der Waals surface area contributed by atoms with Crippen molar-refractivity contribution in [1.29, 1.82) is 0 Å². The van der Waals surface area contributed by atoms with E-state index in [2.05, 4.69) is 14.7 Å². The molecule has 0 aliphatic heterocycles. The predicted octanol–water partition coefficient (Wildman–Crippen LogP) is 6.00. The van der Waals surface area contributed by atoms with Crippen LogP contribution in [0.3, 0.4) is 0 Å². The molecule has 0 bridgehead atoms. The van der Waals surface area contributed by atoms with Crippen LogP contribution in [-0.2, 0) is 10.0 Å². The Balaban J connectivity index is 0.00000361. The fraction of sp³-hybridized carbons (Fsp3) is 0.370. The van der Waals surface area contributed by atoms with E-state index in [4.69, 9.17) is 4.74 Å². The highest BCUT2D eigenvalue weighted by Gasteiger charge is 2.26. The number of hydrogen-bond acceptors (Lipinski definition) is 6. The lowest BCUT2D eigenvalue weighted by atomic mass is 9.90. The monoisotopic (exact) mass is 517 g/mol. The molecule has 0 aliphatic carbocycles. The van der Waals surface area contributed by atoms with Gasteiger partial charge in [-0.1, -0.05) is 40.7 Å². The number of halogens is 1. The molecule has 1 N–H and O–H groups in total. The molecule has 3 rings (SSSR count). The Morgan fingerprint density at radius 3 is 2.42 bits per heavy atom. The third-order valence-electron chi connectivity index (χ3n) is 5.72. The summed E-state index contributed by atoms with van der Waals surface area (Å²) in [5.41, 5.74) is 2.00. The molecule has 1 aromatic carbocycles. The summed E-state index contributed by atoms with van der Waals surface area (Å²) >= 11 is 0. The molecule has 0 spiro atoms. The first-order valence-electron chi connectivity index (χ1n) is 11.8. The molecule has 0 radical (unpaired) electrons. The number of nitrogens with one attached hydrogen (secondary N) is 1. The molecule has 9 heteroatoms. The highest BCUT2D eigenvalue weighted by atomic mass is 32.2. The van der Waals surface area contributed by atoms with E-state index in [1.165, 1.54) is 24.3 Å². The van der Waals surface area contributed by atoms with E-state index >= 15 is 0 Å². The Hall–Kier alpha value is -3.33. The molecular formula is C27H36FN3O4S. The SMILES string of the molecule is Cc1cccc(S(=O)(=O)NC(=O)c2ccc(-c3cc(F)cc(OCC(C)C)c3)nc2C(C)C(C)C)n1.[HH].[HH]. The first kappa shape index (κ1) is 27.3. The van der Waals surface area contributed by atoms with Gasteiger partial charge >= 0.3 is 0 Å². The van der Waals surface area contributed by atoms with Gasteiger partial charge < -0.3 is 4.74 Å². The number of benzene rings is 1. The van der Waals surface area contributed by atoms with Crippen LogP contribution >= 0.6 is 0 Å². The smallest absolute Gasteiger partial charge is 0.281 e. The molecule has 2 heterocycles. The summed E-state index contributed by atoms with van der Waals surface area (Å²) < 4.78 is 47.7. The van der Waals surface area contributed by atoms with Crippen LogP contribution in [0.5, 0.6) is 5.75 Å². The van der Waals surface area contributed by atoms with Crippen molar-refractivity contribution < 1.29 is 25.2 Å². The van der Waals surface area contributed by atoms with Crippen molar-refractivity contribution in [3.05, 3.63) is 71.3 Å². The first-order valence-corrected chi connectivity index (χ1v) is 13.3. The highest BCUT2D eigenvalue weighted by molar-refractivity contribution is 7.90. The number of ether oxygens (including phenoxy) is 1. The number of sulfonamides is 1. The maximum atomic E-state index is 14.4. The molecule has 0 saturated heterocycles. The maximum absolute atomic E-state index is 14.4. The van der Waals surface area contributed by atoms with Gasteiger partial charge in [0.1, 0.15) is 11.6 Å². The van der Waals surface area contributed by atoms with Gasteiger partial charge in [-0.2, -0.15) is 8.42 Å². The summed E-state index contributed by atoms with van der Waals surface area (Å²) in [6, 6.07) is 12.0. The van der Waals surface area contributed by atoms with E-state index in [1.807, 2.05) is 34.6 Å². The Morgan fingerprint density at radius 1 is 1.06 bits per heavy atom. The maximum Gasteiger partial charge on any atom is 0.281 e. The van der Waals surface area contributed by atoms with Crippen molar-refractivity contribution in [2.75, 3.05) is 6.61 Å². The molecule has 0 saturated carbocycles. The zero-order valence-electron chi connectivity index (χ0n) is 21.4. The quantitative estimate of drug-likeness (QED) is 0.374. The van der Waals surface area contributed by atoms with Crippen molar-refractivity contribution in [1.82, 2.24) is 14.7 Å². The summed E-state index contributed by atoms with van der Waals surface area (Å²) in [5.74, 6) is -0.692. The summed E-state index contributed by atoms with van der Waals surface area (Å²) in [6.07, 6.45) is 0. The van der Waals surface area contributed by atoms with Crippen molar-refractivity contribution in [2.24, 2.45) is 11.8 Å². The number of pyridine rings is 2. The zero-order chi connectivity index (χ0) is 26.6. The first-order chi connectivity index (χ1) is 16.9. The third kappa shape index (κ3) is 6.66. The van der Waals surface area contributed by atoms with Gasteiger partial charge in [0.05, 0.1) is 23.6 Å². The van der Waals surface area contributed by atoms with E-state index in [-0.39, 0.29) is 31.2 Å². The minimum atomic E-state index is -4.18. The van der Waals surface area contributed by atoms with Crippen LogP contribution in [0.4, 0.5) is 4.39 Å². The van der Waals surface area contributed by atoms with Gasteiger partial charge in [0.15, 0.2) is 5.03 Å². The average molecular weight is 518 g/mol. The Labute approximate surface area is 215 Å². The van der Waals surface area contributed by atoms with E-state index < -0.39 is 21.7 Å². The summed E-state index contributed by atoms with van der Waals surface area (Å²) in [6.45, 7) is 12.0. The second-order valence-corrected chi connectivity index (χ2v) is 11.2. The van der Waals surface area contributed by atoms with Gasteiger partial charge in [-0.05, 0) is 55.2 Å². The van der Waals surface area contributed by atoms with Gasteiger partial charge in [-0.25, -0.2) is 14.1 Å². The van der Waals surface area contributed by atoms with Gasteiger partial charge in [0.2, 0.25) is 0 Å². The molecule has 36 heavy (non-hydrogen) atoms. The predicted molar refractivity (Wildman–Crippen MR) is 141 cm³/mol. The van der Waals surface area contributed by atoms with Gasteiger partial charge in [0.25, 0.3) is 15.9 Å². The van der Waals surface area contributed by atoms with E-state index in [1.54, 1.807) is 31.2 Å². The number of amides is 1. The van der Waals surface area contributed by atoms with Crippen LogP contribution in [0.2, 0.25) is 0 Å². The van der Waals surface area contributed by atoms with Crippen molar-refractivity contribution in [3.63, 3.8) is 0 Å².